The van der Waals surface area contributed by atoms with Gasteiger partial charge in [-0.25, -0.2) is 0 Å². The zero-order chi connectivity index (χ0) is 20.3. The lowest BCUT2D eigenvalue weighted by Gasteiger charge is -2.13. The number of amides is 1. The summed E-state index contributed by atoms with van der Waals surface area (Å²) in [5, 5.41) is 3.94. The Kier molecular flexibility index (Phi) is 5.73. The van der Waals surface area contributed by atoms with Gasteiger partial charge in [0.05, 0.1) is 20.5 Å². The quantitative estimate of drug-likeness (QED) is 0.626. The molecule has 0 radical (unpaired) electrons. The summed E-state index contributed by atoms with van der Waals surface area (Å²) >= 11 is 0. The van der Waals surface area contributed by atoms with E-state index in [2.05, 4.69) is 5.32 Å². The molecule has 146 valence electrons. The van der Waals surface area contributed by atoms with Gasteiger partial charge >= 0.3 is 0 Å². The maximum absolute atomic E-state index is 12.4. The lowest BCUT2D eigenvalue weighted by molar-refractivity contribution is -0.116. The summed E-state index contributed by atoms with van der Waals surface area (Å²) in [7, 11) is 3.25. The van der Waals surface area contributed by atoms with Crippen LogP contribution in [0.25, 0.3) is 16.5 Å². The van der Waals surface area contributed by atoms with E-state index in [1.165, 1.54) is 0 Å². The molecule has 0 atom stereocenters. The van der Waals surface area contributed by atoms with Crippen LogP contribution < -0.4 is 14.8 Å². The van der Waals surface area contributed by atoms with Crippen molar-refractivity contribution in [3.63, 3.8) is 0 Å². The first-order valence-electron chi connectivity index (χ1n) is 9.09. The van der Waals surface area contributed by atoms with Gasteiger partial charge in [0, 0.05) is 29.1 Å². The van der Waals surface area contributed by atoms with Crippen LogP contribution in [0.5, 0.6) is 11.5 Å². The number of nitrogens with one attached hydrogen (secondary N) is 1. The van der Waals surface area contributed by atoms with Crippen molar-refractivity contribution < 1.29 is 18.7 Å². The molecular formula is C23H25NO4. The summed E-state index contributed by atoms with van der Waals surface area (Å²) in [6.45, 7) is 6.30. The molecule has 0 aliphatic heterocycles. The van der Waals surface area contributed by atoms with Crippen molar-refractivity contribution in [1.29, 1.82) is 0 Å². The summed E-state index contributed by atoms with van der Waals surface area (Å²) in [6, 6.07) is 9.64. The van der Waals surface area contributed by atoms with Crippen molar-refractivity contribution in [2.75, 3.05) is 14.2 Å². The number of ether oxygens (including phenoxy) is 2. The fourth-order valence-corrected chi connectivity index (χ4v) is 3.29. The number of aryl methyl sites for hydroxylation is 2. The van der Waals surface area contributed by atoms with Crippen molar-refractivity contribution in [2.45, 2.75) is 27.3 Å². The molecule has 28 heavy (non-hydrogen) atoms. The number of fused-ring (bicyclic) bond motifs is 1. The van der Waals surface area contributed by atoms with Gasteiger partial charge < -0.3 is 19.2 Å². The van der Waals surface area contributed by atoms with E-state index in [4.69, 9.17) is 13.9 Å². The average Bonchev–Trinajstić information content (AvgIpc) is 3.07. The summed E-state index contributed by atoms with van der Waals surface area (Å²) in [5.74, 6) is 1.32. The maximum atomic E-state index is 12.4. The van der Waals surface area contributed by atoms with Gasteiger partial charge in [-0.2, -0.15) is 0 Å². The van der Waals surface area contributed by atoms with E-state index < -0.39 is 0 Å². The SMILES string of the molecule is COc1cccc(CNC(=O)/C=C(\C)c2cc3c(C)coc3c(C)c2OC)c1. The smallest absolute Gasteiger partial charge is 0.244 e. The molecule has 1 amide bonds. The first-order valence-corrected chi connectivity index (χ1v) is 9.09. The van der Waals surface area contributed by atoms with Crippen LogP contribution in [0.4, 0.5) is 0 Å². The third-order valence-electron chi connectivity index (χ3n) is 4.81. The molecule has 0 bridgehead atoms. The van der Waals surface area contributed by atoms with Gasteiger partial charge in [0.25, 0.3) is 0 Å². The molecule has 0 saturated heterocycles. The van der Waals surface area contributed by atoms with E-state index in [0.29, 0.717) is 6.54 Å². The third kappa shape index (κ3) is 3.88. The van der Waals surface area contributed by atoms with E-state index in [1.807, 2.05) is 51.1 Å². The van der Waals surface area contributed by atoms with Crippen LogP contribution in [0.15, 0.2) is 47.1 Å². The Balaban J connectivity index is 1.84. The predicted octanol–water partition coefficient (Wildman–Crippen LogP) is 4.79. The van der Waals surface area contributed by atoms with Crippen LogP contribution in [-0.2, 0) is 11.3 Å². The fourth-order valence-electron chi connectivity index (χ4n) is 3.29. The fraction of sp³-hybridized carbons (Fsp3) is 0.261. The number of allylic oxidation sites excluding steroid dienone is 1. The van der Waals surface area contributed by atoms with Gasteiger partial charge in [0.2, 0.25) is 5.91 Å². The molecular weight excluding hydrogens is 354 g/mol. The zero-order valence-corrected chi connectivity index (χ0v) is 16.9. The highest BCUT2D eigenvalue weighted by Crippen LogP contribution is 2.37. The molecule has 1 aromatic heterocycles. The minimum atomic E-state index is -0.163. The number of furan rings is 1. The van der Waals surface area contributed by atoms with E-state index in [9.17, 15) is 4.79 Å². The Morgan fingerprint density at radius 2 is 1.96 bits per heavy atom. The number of rotatable bonds is 6. The van der Waals surface area contributed by atoms with Gasteiger partial charge in [-0.15, -0.1) is 0 Å². The van der Waals surface area contributed by atoms with Crippen molar-refractivity contribution in [2.24, 2.45) is 0 Å². The van der Waals surface area contributed by atoms with Crippen LogP contribution in [0.3, 0.4) is 0 Å². The van der Waals surface area contributed by atoms with Crippen LogP contribution in [0, 0.1) is 13.8 Å². The number of methoxy groups -OCH3 is 2. The van der Waals surface area contributed by atoms with Crippen LogP contribution in [-0.4, -0.2) is 20.1 Å². The monoisotopic (exact) mass is 379 g/mol. The van der Waals surface area contributed by atoms with Gasteiger partial charge in [0.15, 0.2) is 0 Å². The minimum Gasteiger partial charge on any atom is -0.497 e. The Morgan fingerprint density at radius 3 is 2.68 bits per heavy atom. The van der Waals surface area contributed by atoms with Gasteiger partial charge in [-0.1, -0.05) is 12.1 Å². The first-order chi connectivity index (χ1) is 13.4. The largest absolute Gasteiger partial charge is 0.497 e. The molecule has 0 fully saturated rings. The maximum Gasteiger partial charge on any atom is 0.244 e. The number of benzene rings is 2. The van der Waals surface area contributed by atoms with Crippen LogP contribution in [0.2, 0.25) is 0 Å². The van der Waals surface area contributed by atoms with E-state index in [0.717, 1.165) is 50.3 Å². The Hall–Kier alpha value is -3.21. The molecule has 5 nitrogen and oxygen atoms in total. The molecule has 3 rings (SSSR count). The van der Waals surface area contributed by atoms with E-state index >= 15 is 0 Å². The molecule has 1 N–H and O–H groups in total. The van der Waals surface area contributed by atoms with Crippen molar-refractivity contribution in [3.8, 4) is 11.5 Å². The second kappa shape index (κ2) is 8.21. The van der Waals surface area contributed by atoms with E-state index in [1.54, 1.807) is 26.6 Å². The average molecular weight is 379 g/mol. The summed E-state index contributed by atoms with van der Waals surface area (Å²) in [6.07, 6.45) is 3.33. The highest BCUT2D eigenvalue weighted by molar-refractivity contribution is 5.98. The Labute approximate surface area is 164 Å². The third-order valence-corrected chi connectivity index (χ3v) is 4.81. The summed E-state index contributed by atoms with van der Waals surface area (Å²) in [4.78, 5) is 12.4. The van der Waals surface area contributed by atoms with Gasteiger partial charge in [-0.05, 0) is 55.7 Å². The molecule has 0 saturated carbocycles. The molecule has 1 heterocycles. The number of hydrogen-bond acceptors (Lipinski definition) is 4. The van der Waals surface area contributed by atoms with Crippen LogP contribution in [0.1, 0.15) is 29.2 Å². The zero-order valence-electron chi connectivity index (χ0n) is 16.9. The second-order valence-corrected chi connectivity index (χ2v) is 6.77. The highest BCUT2D eigenvalue weighted by atomic mass is 16.5. The van der Waals surface area contributed by atoms with Crippen molar-refractivity contribution in [1.82, 2.24) is 5.32 Å². The van der Waals surface area contributed by atoms with Crippen molar-refractivity contribution >= 4 is 22.4 Å². The van der Waals surface area contributed by atoms with Crippen molar-refractivity contribution in [3.05, 3.63) is 64.9 Å². The van der Waals surface area contributed by atoms with Gasteiger partial charge in [0.1, 0.15) is 17.1 Å². The normalized spacial score (nSPS) is 11.5. The standard InChI is InChI=1S/C23H25NO4/c1-14(9-21(25)24-12-17-7-6-8-18(10-17)26-4)19-11-20-15(2)13-28-23(20)16(3)22(19)27-5/h6-11,13H,12H2,1-5H3,(H,24,25)/b14-9+. The van der Waals surface area contributed by atoms with E-state index in [-0.39, 0.29) is 5.91 Å². The lowest BCUT2D eigenvalue weighted by atomic mass is 9.98. The number of carbonyl (C=O) groups is 1. The molecule has 0 spiro atoms. The second-order valence-electron chi connectivity index (χ2n) is 6.77. The van der Waals surface area contributed by atoms with Gasteiger partial charge in [-0.3, -0.25) is 4.79 Å². The first kappa shape index (κ1) is 19.5. The molecule has 0 aliphatic rings. The molecule has 0 aliphatic carbocycles. The predicted molar refractivity (Wildman–Crippen MR) is 111 cm³/mol. The molecule has 3 aromatic rings. The molecule has 0 unspecified atom stereocenters. The summed E-state index contributed by atoms with van der Waals surface area (Å²) < 4.78 is 16.5. The highest BCUT2D eigenvalue weighted by Gasteiger charge is 2.16. The molecule has 2 aromatic carbocycles. The minimum absolute atomic E-state index is 0.163. The molecule has 5 heteroatoms. The Bertz CT molecular complexity index is 1050. The topological polar surface area (TPSA) is 60.7 Å². The number of hydrogen-bond donors (Lipinski definition) is 1. The van der Waals surface area contributed by atoms with Crippen LogP contribution >= 0.6 is 0 Å². The Morgan fingerprint density at radius 1 is 1.18 bits per heavy atom. The number of carbonyl (C=O) groups excluding carboxylic acids is 1. The lowest BCUT2D eigenvalue weighted by Crippen LogP contribution is -2.20. The summed E-state index contributed by atoms with van der Waals surface area (Å²) in [5.41, 5.74) is 5.47.